The topological polar surface area (TPSA) is 50.8 Å². The van der Waals surface area contributed by atoms with Crippen LogP contribution >= 0.6 is 35.0 Å². The summed E-state index contributed by atoms with van der Waals surface area (Å²) in [5.74, 6) is 1.80. The highest BCUT2D eigenvalue weighted by molar-refractivity contribution is 8.05. The first-order valence-electron chi connectivity index (χ1n) is 13.8. The van der Waals surface area contributed by atoms with Crippen molar-refractivity contribution in [3.05, 3.63) is 92.8 Å². The van der Waals surface area contributed by atoms with Gasteiger partial charge in [0.25, 0.3) is 5.91 Å². The van der Waals surface area contributed by atoms with Crippen molar-refractivity contribution in [1.29, 1.82) is 0 Å². The number of benzene rings is 3. The maximum atomic E-state index is 13.9. The van der Waals surface area contributed by atoms with E-state index in [1.54, 1.807) is 23.9 Å². The number of halogens is 2. The number of nitrogens with zero attached hydrogens (tertiary/aromatic N) is 1. The Kier molecular flexibility index (Phi) is 9.51. The van der Waals surface area contributed by atoms with Gasteiger partial charge in [-0.05, 0) is 79.3 Å². The second-order valence-corrected chi connectivity index (χ2v) is 12.1. The molecule has 2 aliphatic rings. The summed E-state index contributed by atoms with van der Waals surface area (Å²) in [6.45, 7) is 5.03. The van der Waals surface area contributed by atoms with Crippen LogP contribution in [0.5, 0.6) is 11.5 Å². The molecule has 5 nitrogen and oxygen atoms in total. The van der Waals surface area contributed by atoms with Crippen LogP contribution in [0.15, 0.2) is 71.6 Å². The van der Waals surface area contributed by atoms with Gasteiger partial charge < -0.3 is 19.7 Å². The number of hydrogen-bond acceptors (Lipinski definition) is 5. The largest absolute Gasteiger partial charge is 0.490 e. The fraction of sp³-hybridized carbons (Fsp3) is 0.344. The van der Waals surface area contributed by atoms with Gasteiger partial charge in [-0.2, -0.15) is 0 Å². The molecular weight excluding hydrogens is 563 g/mol. The lowest BCUT2D eigenvalue weighted by molar-refractivity contribution is -0.129. The molecule has 3 aromatic carbocycles. The van der Waals surface area contributed by atoms with Gasteiger partial charge >= 0.3 is 0 Å². The number of thioether (sulfide) groups is 1. The molecule has 1 unspecified atom stereocenters. The second-order valence-electron chi connectivity index (χ2n) is 10.2. The minimum atomic E-state index is -0.160. The van der Waals surface area contributed by atoms with Crippen LogP contribution in [-0.2, 0) is 11.4 Å². The summed E-state index contributed by atoms with van der Waals surface area (Å²) in [6.07, 6.45) is 6.53. The SMILES string of the molecule is CCOc1cc(/C=C2\SC(Nc3ccccc3)N([C@H]3CCCC[C@H]3C)C2=O)ccc1OCc1ccc(Cl)c(Cl)c1. The van der Waals surface area contributed by atoms with Crippen LogP contribution in [0.25, 0.3) is 6.08 Å². The van der Waals surface area contributed by atoms with Crippen LogP contribution in [0.2, 0.25) is 10.0 Å². The van der Waals surface area contributed by atoms with Gasteiger partial charge in [-0.3, -0.25) is 4.79 Å². The molecule has 1 heterocycles. The van der Waals surface area contributed by atoms with Crippen molar-refractivity contribution >= 4 is 52.6 Å². The first-order chi connectivity index (χ1) is 19.4. The van der Waals surface area contributed by atoms with Gasteiger partial charge in [-0.1, -0.05) is 85.1 Å². The molecule has 1 saturated carbocycles. The van der Waals surface area contributed by atoms with E-state index in [-0.39, 0.29) is 17.4 Å². The van der Waals surface area contributed by atoms with Gasteiger partial charge in [0.1, 0.15) is 6.61 Å². The minimum absolute atomic E-state index is 0.0788. The first kappa shape index (κ1) is 28.7. The predicted molar refractivity (Wildman–Crippen MR) is 166 cm³/mol. The van der Waals surface area contributed by atoms with E-state index in [4.69, 9.17) is 32.7 Å². The van der Waals surface area contributed by atoms with Crippen LogP contribution in [0.3, 0.4) is 0 Å². The Hall–Kier alpha value is -2.80. The van der Waals surface area contributed by atoms with Crippen molar-refractivity contribution in [3.8, 4) is 11.5 Å². The quantitative estimate of drug-likeness (QED) is 0.250. The van der Waals surface area contributed by atoms with E-state index in [9.17, 15) is 4.79 Å². The molecule has 8 heteroatoms. The molecule has 210 valence electrons. The van der Waals surface area contributed by atoms with Crippen molar-refractivity contribution in [2.75, 3.05) is 11.9 Å². The Morgan fingerprint density at radius 1 is 0.975 bits per heavy atom. The van der Waals surface area contributed by atoms with Crippen LogP contribution in [0.4, 0.5) is 5.69 Å². The molecule has 2 fully saturated rings. The Labute approximate surface area is 250 Å². The van der Waals surface area contributed by atoms with E-state index in [1.165, 1.54) is 6.42 Å². The number of rotatable bonds is 9. The Balaban J connectivity index is 1.38. The monoisotopic (exact) mass is 596 g/mol. The molecule has 0 spiro atoms. The van der Waals surface area contributed by atoms with Gasteiger partial charge in [-0.15, -0.1) is 0 Å². The number of carbonyl (C=O) groups is 1. The van der Waals surface area contributed by atoms with E-state index >= 15 is 0 Å². The third-order valence-corrected chi connectivity index (χ3v) is 9.22. The van der Waals surface area contributed by atoms with Gasteiger partial charge in [0.15, 0.2) is 17.0 Å². The van der Waals surface area contributed by atoms with Gasteiger partial charge in [0.05, 0.1) is 21.6 Å². The average molecular weight is 598 g/mol. The number of hydrogen-bond donors (Lipinski definition) is 1. The highest BCUT2D eigenvalue weighted by Gasteiger charge is 2.42. The highest BCUT2D eigenvalue weighted by Crippen LogP contribution is 2.42. The average Bonchev–Trinajstić information content (AvgIpc) is 3.25. The van der Waals surface area contributed by atoms with Crippen molar-refractivity contribution in [2.24, 2.45) is 5.92 Å². The molecular formula is C32H34Cl2N2O3S. The first-order valence-corrected chi connectivity index (χ1v) is 15.4. The molecule has 1 aliphatic carbocycles. The Bertz CT molecular complexity index is 1370. The number of amides is 1. The molecule has 3 atom stereocenters. The summed E-state index contributed by atoms with van der Waals surface area (Å²) >= 11 is 13.8. The number of para-hydroxylation sites is 1. The molecule has 1 N–H and O–H groups in total. The zero-order valence-corrected chi connectivity index (χ0v) is 25.1. The lowest BCUT2D eigenvalue weighted by Crippen LogP contribution is -2.48. The zero-order chi connectivity index (χ0) is 28.1. The number of ether oxygens (including phenoxy) is 2. The molecule has 3 aromatic rings. The zero-order valence-electron chi connectivity index (χ0n) is 22.7. The summed E-state index contributed by atoms with van der Waals surface area (Å²) in [7, 11) is 0. The van der Waals surface area contributed by atoms with Crippen molar-refractivity contribution in [3.63, 3.8) is 0 Å². The van der Waals surface area contributed by atoms with Crippen molar-refractivity contribution in [1.82, 2.24) is 4.90 Å². The third-order valence-electron chi connectivity index (χ3n) is 7.37. The summed E-state index contributed by atoms with van der Waals surface area (Å²) < 4.78 is 12.0. The fourth-order valence-electron chi connectivity index (χ4n) is 5.31. The molecule has 40 heavy (non-hydrogen) atoms. The number of nitrogens with one attached hydrogen (secondary N) is 1. The van der Waals surface area contributed by atoms with Gasteiger partial charge in [0.2, 0.25) is 0 Å². The normalized spacial score (nSPS) is 22.0. The molecule has 0 radical (unpaired) electrons. The third kappa shape index (κ3) is 6.73. The van der Waals surface area contributed by atoms with Crippen LogP contribution in [-0.4, -0.2) is 29.0 Å². The molecule has 1 amide bonds. The van der Waals surface area contributed by atoms with Crippen LogP contribution in [0.1, 0.15) is 50.7 Å². The van der Waals surface area contributed by atoms with E-state index < -0.39 is 0 Å². The van der Waals surface area contributed by atoms with Crippen molar-refractivity contribution < 1.29 is 14.3 Å². The molecule has 0 aromatic heterocycles. The Morgan fingerprint density at radius 2 is 1.77 bits per heavy atom. The maximum Gasteiger partial charge on any atom is 0.262 e. The van der Waals surface area contributed by atoms with E-state index in [0.717, 1.165) is 41.0 Å². The molecule has 1 saturated heterocycles. The summed E-state index contributed by atoms with van der Waals surface area (Å²) in [5.41, 5.74) is 2.64. The molecule has 1 aliphatic heterocycles. The van der Waals surface area contributed by atoms with Crippen LogP contribution < -0.4 is 14.8 Å². The smallest absolute Gasteiger partial charge is 0.262 e. The van der Waals surface area contributed by atoms with Crippen molar-refractivity contribution in [2.45, 2.75) is 57.7 Å². The number of carbonyl (C=O) groups excluding carboxylic acids is 1. The summed E-state index contributed by atoms with van der Waals surface area (Å²) in [5, 5.41) is 4.60. The van der Waals surface area contributed by atoms with Gasteiger partial charge in [-0.25, -0.2) is 0 Å². The minimum Gasteiger partial charge on any atom is -0.490 e. The second kappa shape index (κ2) is 13.2. The number of anilines is 1. The summed E-state index contributed by atoms with van der Waals surface area (Å²) in [6, 6.07) is 21.5. The maximum absolute atomic E-state index is 13.9. The van der Waals surface area contributed by atoms with Crippen LogP contribution in [0, 0.1) is 5.92 Å². The lowest BCUT2D eigenvalue weighted by Gasteiger charge is -2.39. The predicted octanol–water partition coefficient (Wildman–Crippen LogP) is 8.86. The van der Waals surface area contributed by atoms with E-state index in [0.29, 0.717) is 40.7 Å². The highest BCUT2D eigenvalue weighted by atomic mass is 35.5. The summed E-state index contributed by atoms with van der Waals surface area (Å²) in [4.78, 5) is 16.7. The van der Waals surface area contributed by atoms with E-state index in [1.807, 2.05) is 67.6 Å². The molecule has 0 bridgehead atoms. The molecule has 5 rings (SSSR count). The lowest BCUT2D eigenvalue weighted by atomic mass is 9.85. The fourth-order valence-corrected chi connectivity index (χ4v) is 6.84. The Morgan fingerprint density at radius 3 is 2.52 bits per heavy atom. The standard InChI is InChI=1S/C32H34Cl2N2O3S/c1-3-38-29-18-22(14-16-28(29)39-20-23-13-15-25(33)26(34)17-23)19-30-31(37)36(27-12-8-7-9-21(27)2)32(40-30)35-24-10-5-4-6-11-24/h4-6,10-11,13-19,21,27,32,35H,3,7-9,12,20H2,1-2H3/b30-19-/t21-,27+,32?/m1/s1. The van der Waals surface area contributed by atoms with Gasteiger partial charge in [0, 0.05) is 11.7 Å². The van der Waals surface area contributed by atoms with E-state index in [2.05, 4.69) is 17.1 Å².